The highest BCUT2D eigenvalue weighted by molar-refractivity contribution is 14.0. The van der Waals surface area contributed by atoms with Gasteiger partial charge in [-0.15, -0.1) is 24.0 Å². The first-order valence-electron chi connectivity index (χ1n) is 7.16. The minimum absolute atomic E-state index is 0. The molecule has 0 bridgehead atoms. The normalized spacial score (nSPS) is 11.1. The first kappa shape index (κ1) is 18.5. The van der Waals surface area contributed by atoms with E-state index in [4.69, 9.17) is 5.73 Å². The number of hydrogen-bond donors (Lipinski definition) is 2. The fraction of sp³-hybridized carbons (Fsp3) is 0.375. The van der Waals surface area contributed by atoms with Crippen LogP contribution in [-0.4, -0.2) is 22.3 Å². The van der Waals surface area contributed by atoms with Crippen molar-refractivity contribution in [1.29, 1.82) is 0 Å². The van der Waals surface area contributed by atoms with Crippen LogP contribution in [0.3, 0.4) is 0 Å². The number of aryl methyl sites for hydroxylation is 4. The molecule has 0 saturated heterocycles. The smallest absolute Gasteiger partial charge is 0.193 e. The van der Waals surface area contributed by atoms with Crippen molar-refractivity contribution >= 4 is 35.6 Å². The summed E-state index contributed by atoms with van der Waals surface area (Å²) in [6.07, 6.45) is 5.84. The molecule has 120 valence electrons. The molecule has 1 heterocycles. The molecule has 5 nitrogen and oxygen atoms in total. The maximum atomic E-state index is 5.91. The lowest BCUT2D eigenvalue weighted by molar-refractivity contribution is 0.765. The number of hydrogen-bond acceptors (Lipinski definition) is 2. The maximum Gasteiger partial charge on any atom is 0.193 e. The lowest BCUT2D eigenvalue weighted by atomic mass is 10.1. The van der Waals surface area contributed by atoms with E-state index in [2.05, 4.69) is 47.5 Å². The molecule has 1 aromatic heterocycles. The van der Waals surface area contributed by atoms with Gasteiger partial charge in [0, 0.05) is 25.5 Å². The zero-order chi connectivity index (χ0) is 15.2. The number of rotatable bonds is 5. The van der Waals surface area contributed by atoms with Crippen molar-refractivity contribution in [3.8, 4) is 0 Å². The van der Waals surface area contributed by atoms with E-state index in [-0.39, 0.29) is 24.0 Å². The van der Waals surface area contributed by atoms with Crippen LogP contribution in [0.25, 0.3) is 0 Å². The second kappa shape index (κ2) is 8.77. The van der Waals surface area contributed by atoms with Crippen molar-refractivity contribution in [2.24, 2.45) is 17.8 Å². The first-order valence-corrected chi connectivity index (χ1v) is 7.16. The third kappa shape index (κ3) is 6.05. The highest BCUT2D eigenvalue weighted by atomic mass is 127. The van der Waals surface area contributed by atoms with Crippen molar-refractivity contribution in [3.63, 3.8) is 0 Å². The molecular formula is C16H24IN5. The van der Waals surface area contributed by atoms with Gasteiger partial charge in [0.05, 0.1) is 6.20 Å². The third-order valence-corrected chi connectivity index (χ3v) is 3.16. The van der Waals surface area contributed by atoms with Gasteiger partial charge in [-0.3, -0.25) is 9.67 Å². The van der Waals surface area contributed by atoms with Gasteiger partial charge in [0.25, 0.3) is 0 Å². The van der Waals surface area contributed by atoms with Gasteiger partial charge in [0.15, 0.2) is 5.96 Å². The van der Waals surface area contributed by atoms with Gasteiger partial charge >= 0.3 is 0 Å². The van der Waals surface area contributed by atoms with Gasteiger partial charge in [-0.05, 0) is 55.5 Å². The van der Waals surface area contributed by atoms with Crippen LogP contribution in [0.5, 0.6) is 0 Å². The van der Waals surface area contributed by atoms with Gasteiger partial charge in [-0.25, -0.2) is 0 Å². The summed E-state index contributed by atoms with van der Waals surface area (Å²) in [4.78, 5) is 4.36. The minimum atomic E-state index is 0. The number of nitrogens with two attached hydrogens (primary N) is 1. The monoisotopic (exact) mass is 413 g/mol. The number of anilines is 1. The highest BCUT2D eigenvalue weighted by Gasteiger charge is 1.99. The first-order chi connectivity index (χ1) is 10.0. The number of aromatic nitrogens is 2. The molecule has 0 spiro atoms. The Bertz CT molecular complexity index is 613. The predicted octanol–water partition coefficient (Wildman–Crippen LogP) is 3.01. The highest BCUT2D eigenvalue weighted by Crippen LogP contribution is 2.13. The summed E-state index contributed by atoms with van der Waals surface area (Å²) in [7, 11) is 1.92. The largest absolute Gasteiger partial charge is 0.370 e. The standard InChI is InChI=1S/C16H23N5.HI/c1-12-7-13(2)9-15(8-12)20-16(17)18-6-4-5-14-10-19-21(3)11-14;/h7-11H,4-6H2,1-3H3,(H3,17,18,20);1H. The maximum absolute atomic E-state index is 5.91. The van der Waals surface area contributed by atoms with Gasteiger partial charge in [-0.1, -0.05) is 6.07 Å². The Balaban J connectivity index is 0.00000242. The Morgan fingerprint density at radius 2 is 1.95 bits per heavy atom. The Kier molecular flexibility index (Phi) is 7.37. The summed E-state index contributed by atoms with van der Waals surface area (Å²) in [6, 6.07) is 6.25. The molecule has 0 atom stereocenters. The van der Waals surface area contributed by atoms with Crippen LogP contribution in [0.1, 0.15) is 23.1 Å². The van der Waals surface area contributed by atoms with Crippen LogP contribution in [0.4, 0.5) is 5.69 Å². The molecule has 0 aliphatic heterocycles. The van der Waals surface area contributed by atoms with Crippen molar-refractivity contribution in [1.82, 2.24) is 9.78 Å². The molecule has 1 aromatic carbocycles. The Labute approximate surface area is 149 Å². The molecule has 0 saturated carbocycles. The van der Waals surface area contributed by atoms with E-state index in [1.165, 1.54) is 16.7 Å². The van der Waals surface area contributed by atoms with Crippen LogP contribution in [0.2, 0.25) is 0 Å². The molecule has 0 aliphatic carbocycles. The van der Waals surface area contributed by atoms with Gasteiger partial charge in [0.1, 0.15) is 0 Å². The molecule has 0 unspecified atom stereocenters. The number of aliphatic imine (C=N–C) groups is 1. The van der Waals surface area contributed by atoms with E-state index in [9.17, 15) is 0 Å². The molecule has 3 N–H and O–H groups in total. The van der Waals surface area contributed by atoms with Crippen LogP contribution in [-0.2, 0) is 13.5 Å². The average molecular weight is 413 g/mol. The van der Waals surface area contributed by atoms with Crippen molar-refractivity contribution in [3.05, 3.63) is 47.3 Å². The summed E-state index contributed by atoms with van der Waals surface area (Å²) in [6.45, 7) is 4.84. The topological polar surface area (TPSA) is 68.2 Å². The van der Waals surface area contributed by atoms with Crippen molar-refractivity contribution < 1.29 is 0 Å². The summed E-state index contributed by atoms with van der Waals surface area (Å²) >= 11 is 0. The van der Waals surface area contributed by atoms with Crippen LogP contribution < -0.4 is 11.1 Å². The van der Waals surface area contributed by atoms with E-state index in [1.807, 2.05) is 24.1 Å². The third-order valence-electron chi connectivity index (χ3n) is 3.16. The molecule has 2 aromatic rings. The van der Waals surface area contributed by atoms with Gasteiger partial charge < -0.3 is 11.1 Å². The van der Waals surface area contributed by atoms with E-state index in [1.54, 1.807) is 0 Å². The molecule has 0 aliphatic rings. The lowest BCUT2D eigenvalue weighted by Gasteiger charge is -2.07. The van der Waals surface area contributed by atoms with E-state index in [0.717, 1.165) is 18.5 Å². The Morgan fingerprint density at radius 3 is 2.55 bits per heavy atom. The predicted molar refractivity (Wildman–Crippen MR) is 103 cm³/mol. The summed E-state index contributed by atoms with van der Waals surface area (Å²) in [5.74, 6) is 0.464. The van der Waals surface area contributed by atoms with E-state index in [0.29, 0.717) is 12.5 Å². The zero-order valence-electron chi connectivity index (χ0n) is 13.3. The average Bonchev–Trinajstić information content (AvgIpc) is 2.79. The van der Waals surface area contributed by atoms with Crippen LogP contribution in [0.15, 0.2) is 35.6 Å². The fourth-order valence-electron chi connectivity index (χ4n) is 2.32. The fourth-order valence-corrected chi connectivity index (χ4v) is 2.32. The van der Waals surface area contributed by atoms with Gasteiger partial charge in [-0.2, -0.15) is 5.10 Å². The molecule has 0 radical (unpaired) electrons. The van der Waals surface area contributed by atoms with E-state index >= 15 is 0 Å². The molecule has 0 fully saturated rings. The lowest BCUT2D eigenvalue weighted by Crippen LogP contribution is -2.23. The number of halogens is 1. The molecule has 2 rings (SSSR count). The van der Waals surface area contributed by atoms with E-state index < -0.39 is 0 Å². The Morgan fingerprint density at radius 1 is 1.27 bits per heavy atom. The number of benzene rings is 1. The van der Waals surface area contributed by atoms with Crippen molar-refractivity contribution in [2.45, 2.75) is 26.7 Å². The summed E-state index contributed by atoms with van der Waals surface area (Å²) in [5, 5.41) is 7.28. The number of nitrogens with zero attached hydrogens (tertiary/aromatic N) is 3. The number of guanidine groups is 1. The van der Waals surface area contributed by atoms with Gasteiger partial charge in [0.2, 0.25) is 0 Å². The second-order valence-corrected chi connectivity index (χ2v) is 5.39. The molecule has 6 heteroatoms. The molecule has 0 amide bonds. The molecule has 22 heavy (non-hydrogen) atoms. The second-order valence-electron chi connectivity index (χ2n) is 5.39. The Hall–Kier alpha value is -1.57. The summed E-state index contributed by atoms with van der Waals surface area (Å²) in [5.41, 5.74) is 10.5. The van der Waals surface area contributed by atoms with Crippen LogP contribution >= 0.6 is 24.0 Å². The zero-order valence-corrected chi connectivity index (χ0v) is 15.7. The molecular weight excluding hydrogens is 389 g/mol. The number of nitrogens with one attached hydrogen (secondary N) is 1. The SMILES string of the molecule is Cc1cc(C)cc(NC(N)=NCCCc2cnn(C)c2)c1.I. The quantitative estimate of drug-likeness (QED) is 0.343. The minimum Gasteiger partial charge on any atom is -0.370 e. The van der Waals surface area contributed by atoms with Crippen LogP contribution in [0, 0.1) is 13.8 Å². The summed E-state index contributed by atoms with van der Waals surface area (Å²) < 4.78 is 1.81. The van der Waals surface area contributed by atoms with Crippen molar-refractivity contribution in [2.75, 3.05) is 11.9 Å².